The first-order chi connectivity index (χ1) is 5.24. The summed E-state index contributed by atoms with van der Waals surface area (Å²) < 4.78 is 0. The Balaban J connectivity index is 2.07. The molecule has 11 heavy (non-hydrogen) atoms. The third-order valence-corrected chi connectivity index (χ3v) is 2.81. The highest BCUT2D eigenvalue weighted by atomic mass is 32.1. The first-order valence-electron chi connectivity index (χ1n) is 3.77. The summed E-state index contributed by atoms with van der Waals surface area (Å²) in [4.78, 5) is 13.0. The summed E-state index contributed by atoms with van der Waals surface area (Å²) in [6.07, 6.45) is 1.08. The van der Waals surface area contributed by atoms with Crippen LogP contribution in [-0.4, -0.2) is 29.5 Å². The minimum Gasteiger partial charge on any atom is -0.365 e. The van der Waals surface area contributed by atoms with E-state index in [0.29, 0.717) is 16.9 Å². The lowest BCUT2D eigenvalue weighted by molar-refractivity contribution is -0.126. The van der Waals surface area contributed by atoms with Gasteiger partial charge in [-0.25, -0.2) is 0 Å². The fraction of sp³-hybridized carbons (Fsp3) is 0.714. The molecule has 1 heterocycles. The number of piperidine rings is 1. The van der Waals surface area contributed by atoms with Crippen molar-refractivity contribution in [2.24, 2.45) is 11.8 Å². The van der Waals surface area contributed by atoms with Crippen molar-refractivity contribution in [1.29, 1.82) is 0 Å². The number of carbonyl (C=O) groups is 1. The standard InChI is InChI=1S/C7H10N2OS/c1-8-7(11)9-3-4-2-5(4)6(9)10/h4-5H,2-3H2,1H3,(H,8,11)/t4?,5-/m1/s1. The molecule has 2 atom stereocenters. The molecule has 2 fully saturated rings. The lowest BCUT2D eigenvalue weighted by Gasteiger charge is -2.17. The van der Waals surface area contributed by atoms with Crippen LogP contribution in [0.1, 0.15) is 6.42 Å². The Bertz CT molecular complexity index is 228. The second-order valence-electron chi connectivity index (χ2n) is 3.11. The van der Waals surface area contributed by atoms with Crippen LogP contribution in [0, 0.1) is 11.8 Å². The Labute approximate surface area is 70.7 Å². The third kappa shape index (κ3) is 0.929. The molecule has 0 bridgehead atoms. The molecule has 0 aromatic heterocycles. The van der Waals surface area contributed by atoms with Gasteiger partial charge < -0.3 is 5.32 Å². The normalized spacial score (nSPS) is 33.5. The lowest BCUT2D eigenvalue weighted by atomic mass is 10.4. The van der Waals surface area contributed by atoms with Gasteiger partial charge in [0.2, 0.25) is 5.91 Å². The first kappa shape index (κ1) is 7.03. The zero-order chi connectivity index (χ0) is 8.01. The van der Waals surface area contributed by atoms with Gasteiger partial charge in [0.1, 0.15) is 0 Å². The molecule has 1 aliphatic heterocycles. The number of likely N-dealkylation sites (tertiary alicyclic amines) is 1. The second kappa shape index (κ2) is 2.17. The molecule has 2 rings (SSSR count). The van der Waals surface area contributed by atoms with Crippen molar-refractivity contribution in [1.82, 2.24) is 10.2 Å². The molecule has 4 heteroatoms. The number of carbonyl (C=O) groups excluding carboxylic acids is 1. The van der Waals surface area contributed by atoms with E-state index < -0.39 is 0 Å². The van der Waals surface area contributed by atoms with E-state index in [9.17, 15) is 4.79 Å². The quantitative estimate of drug-likeness (QED) is 0.518. The van der Waals surface area contributed by atoms with Gasteiger partial charge in [0.25, 0.3) is 0 Å². The molecule has 3 nitrogen and oxygen atoms in total. The summed E-state index contributed by atoms with van der Waals surface area (Å²) in [5, 5.41) is 3.39. The van der Waals surface area contributed by atoms with Gasteiger partial charge in [-0.05, 0) is 24.6 Å². The molecular formula is C7H10N2OS. The van der Waals surface area contributed by atoms with Crippen molar-refractivity contribution in [3.05, 3.63) is 0 Å². The van der Waals surface area contributed by atoms with Crippen molar-refractivity contribution in [3.63, 3.8) is 0 Å². The number of nitrogens with one attached hydrogen (secondary N) is 1. The predicted molar refractivity (Wildman–Crippen MR) is 45.0 cm³/mol. The summed E-state index contributed by atoms with van der Waals surface area (Å²) in [5.41, 5.74) is 0. The maximum atomic E-state index is 11.3. The van der Waals surface area contributed by atoms with Crippen molar-refractivity contribution in [2.45, 2.75) is 6.42 Å². The van der Waals surface area contributed by atoms with E-state index in [1.54, 1.807) is 11.9 Å². The van der Waals surface area contributed by atoms with E-state index in [0.717, 1.165) is 13.0 Å². The fourth-order valence-electron chi connectivity index (χ4n) is 1.59. The molecule has 2 aliphatic rings. The SMILES string of the molecule is CNC(=S)N1CC2C[C@H]2C1=O. The van der Waals surface area contributed by atoms with Crippen molar-refractivity contribution in [2.75, 3.05) is 13.6 Å². The van der Waals surface area contributed by atoms with Gasteiger partial charge in [-0.15, -0.1) is 0 Å². The number of nitrogens with zero attached hydrogens (tertiary/aromatic N) is 1. The van der Waals surface area contributed by atoms with Gasteiger partial charge >= 0.3 is 0 Å². The molecule has 0 aromatic carbocycles. The maximum Gasteiger partial charge on any atom is 0.232 e. The van der Waals surface area contributed by atoms with Crippen LogP contribution in [0.2, 0.25) is 0 Å². The Morgan fingerprint density at radius 3 is 3.00 bits per heavy atom. The molecule has 1 saturated heterocycles. The van der Waals surface area contributed by atoms with Crippen LogP contribution in [0.25, 0.3) is 0 Å². The van der Waals surface area contributed by atoms with Gasteiger partial charge in [-0.2, -0.15) is 0 Å². The van der Waals surface area contributed by atoms with Gasteiger partial charge in [-0.1, -0.05) is 0 Å². The molecule has 0 radical (unpaired) electrons. The molecule has 60 valence electrons. The smallest absolute Gasteiger partial charge is 0.232 e. The van der Waals surface area contributed by atoms with Crippen LogP contribution in [0.3, 0.4) is 0 Å². The summed E-state index contributed by atoms with van der Waals surface area (Å²) in [6.45, 7) is 0.836. The number of rotatable bonds is 0. The minimum atomic E-state index is 0.217. The highest BCUT2D eigenvalue weighted by Crippen LogP contribution is 2.45. The Morgan fingerprint density at radius 1 is 1.82 bits per heavy atom. The molecule has 1 unspecified atom stereocenters. The van der Waals surface area contributed by atoms with E-state index in [1.807, 2.05) is 0 Å². The van der Waals surface area contributed by atoms with Crippen molar-refractivity contribution >= 4 is 23.2 Å². The van der Waals surface area contributed by atoms with Gasteiger partial charge in [0, 0.05) is 19.5 Å². The first-order valence-corrected chi connectivity index (χ1v) is 4.18. The average molecular weight is 170 g/mol. The van der Waals surface area contributed by atoms with Crippen molar-refractivity contribution in [3.8, 4) is 0 Å². The highest BCUT2D eigenvalue weighted by molar-refractivity contribution is 7.80. The Morgan fingerprint density at radius 2 is 2.55 bits per heavy atom. The molecule has 1 aliphatic carbocycles. The van der Waals surface area contributed by atoms with E-state index in [4.69, 9.17) is 12.2 Å². The summed E-state index contributed by atoms with van der Waals surface area (Å²) in [6, 6.07) is 0. The van der Waals surface area contributed by atoms with Gasteiger partial charge in [0.05, 0.1) is 0 Å². The molecule has 0 spiro atoms. The molecule has 0 aromatic rings. The lowest BCUT2D eigenvalue weighted by Crippen LogP contribution is -2.40. The highest BCUT2D eigenvalue weighted by Gasteiger charge is 2.52. The number of fused-ring (bicyclic) bond motifs is 1. The van der Waals surface area contributed by atoms with Crippen LogP contribution in [-0.2, 0) is 4.79 Å². The minimum absolute atomic E-state index is 0.217. The topological polar surface area (TPSA) is 32.3 Å². The molecular weight excluding hydrogens is 160 g/mol. The summed E-state index contributed by atoms with van der Waals surface area (Å²) >= 11 is 4.96. The van der Waals surface area contributed by atoms with Crippen LogP contribution in [0.4, 0.5) is 0 Å². The molecule has 1 N–H and O–H groups in total. The number of hydrogen-bond donors (Lipinski definition) is 1. The van der Waals surface area contributed by atoms with E-state index in [2.05, 4.69) is 5.32 Å². The number of hydrogen-bond acceptors (Lipinski definition) is 2. The van der Waals surface area contributed by atoms with E-state index in [-0.39, 0.29) is 5.91 Å². The van der Waals surface area contributed by atoms with Gasteiger partial charge in [0.15, 0.2) is 5.11 Å². The summed E-state index contributed by atoms with van der Waals surface area (Å²) in [7, 11) is 1.75. The fourth-order valence-corrected chi connectivity index (χ4v) is 1.76. The van der Waals surface area contributed by atoms with E-state index in [1.165, 1.54) is 0 Å². The summed E-state index contributed by atoms with van der Waals surface area (Å²) in [5.74, 6) is 1.13. The van der Waals surface area contributed by atoms with E-state index >= 15 is 0 Å². The zero-order valence-corrected chi connectivity index (χ0v) is 7.15. The Hall–Kier alpha value is -0.640. The largest absolute Gasteiger partial charge is 0.365 e. The van der Waals surface area contributed by atoms with Crippen LogP contribution in [0.5, 0.6) is 0 Å². The van der Waals surface area contributed by atoms with Crippen LogP contribution < -0.4 is 5.32 Å². The maximum absolute atomic E-state index is 11.3. The Kier molecular flexibility index (Phi) is 1.39. The average Bonchev–Trinajstić information content (AvgIpc) is 2.71. The molecule has 1 amide bonds. The van der Waals surface area contributed by atoms with Crippen LogP contribution in [0.15, 0.2) is 0 Å². The van der Waals surface area contributed by atoms with Gasteiger partial charge in [-0.3, -0.25) is 9.69 Å². The van der Waals surface area contributed by atoms with Crippen molar-refractivity contribution < 1.29 is 4.79 Å². The number of amides is 1. The third-order valence-electron chi connectivity index (χ3n) is 2.38. The predicted octanol–water partition coefficient (Wildman–Crippen LogP) is -0.0310. The zero-order valence-electron chi connectivity index (χ0n) is 6.33. The monoisotopic (exact) mass is 170 g/mol. The second-order valence-corrected chi connectivity index (χ2v) is 3.49. The number of thiocarbonyl (C=S) groups is 1. The molecule has 1 saturated carbocycles. The van der Waals surface area contributed by atoms with Crippen LogP contribution >= 0.6 is 12.2 Å².